The van der Waals surface area contributed by atoms with E-state index < -0.39 is 0 Å². The highest BCUT2D eigenvalue weighted by Gasteiger charge is 2.54. The molecule has 0 amide bonds. The molecule has 0 aromatic rings. The summed E-state index contributed by atoms with van der Waals surface area (Å²) in [5, 5.41) is 0. The standard InChI is InChI=1S/C6H10O/c1-6-2-5(6)3-7-4-6/h5H,2-4H2,1H3/t5?,6-/m1/s1. The third-order valence-electron chi connectivity index (χ3n) is 2.29. The monoisotopic (exact) mass is 98.1 g/mol. The van der Waals surface area contributed by atoms with Crippen molar-refractivity contribution in [3.63, 3.8) is 0 Å². The van der Waals surface area contributed by atoms with E-state index in [4.69, 9.17) is 4.74 Å². The third-order valence-corrected chi connectivity index (χ3v) is 2.29. The lowest BCUT2D eigenvalue weighted by Crippen LogP contribution is -1.96. The summed E-state index contributed by atoms with van der Waals surface area (Å²) in [6.45, 7) is 4.37. The Morgan fingerprint density at radius 1 is 1.71 bits per heavy atom. The highest BCUT2D eigenvalue weighted by Crippen LogP contribution is 2.56. The van der Waals surface area contributed by atoms with Crippen LogP contribution in [0.25, 0.3) is 0 Å². The molecule has 2 fully saturated rings. The fraction of sp³-hybridized carbons (Fsp3) is 1.00. The van der Waals surface area contributed by atoms with Gasteiger partial charge in [-0.2, -0.15) is 0 Å². The predicted octanol–water partition coefficient (Wildman–Crippen LogP) is 1.04. The molecule has 0 N–H and O–H groups in total. The average Bonchev–Trinajstić information content (AvgIpc) is 2.09. The first-order valence-corrected chi connectivity index (χ1v) is 2.89. The molecule has 1 saturated heterocycles. The van der Waals surface area contributed by atoms with Crippen molar-refractivity contribution in [2.75, 3.05) is 13.2 Å². The van der Waals surface area contributed by atoms with Crippen molar-refractivity contribution >= 4 is 0 Å². The van der Waals surface area contributed by atoms with Crippen LogP contribution in [0, 0.1) is 11.3 Å². The molecule has 0 radical (unpaired) electrons. The lowest BCUT2D eigenvalue weighted by molar-refractivity contribution is 0.151. The van der Waals surface area contributed by atoms with E-state index in [-0.39, 0.29) is 0 Å². The first-order chi connectivity index (χ1) is 3.31. The van der Waals surface area contributed by atoms with Gasteiger partial charge in [0.2, 0.25) is 0 Å². The molecular weight excluding hydrogens is 88.1 g/mol. The molecule has 7 heavy (non-hydrogen) atoms. The van der Waals surface area contributed by atoms with Crippen LogP contribution < -0.4 is 0 Å². The molecule has 0 spiro atoms. The van der Waals surface area contributed by atoms with Gasteiger partial charge in [0.15, 0.2) is 0 Å². The largest absolute Gasteiger partial charge is 0.381 e. The summed E-state index contributed by atoms with van der Waals surface area (Å²) in [4.78, 5) is 0. The number of rotatable bonds is 0. The van der Waals surface area contributed by atoms with Crippen LogP contribution in [0.15, 0.2) is 0 Å². The van der Waals surface area contributed by atoms with Gasteiger partial charge in [0, 0.05) is 0 Å². The normalized spacial score (nSPS) is 57.0. The zero-order valence-corrected chi connectivity index (χ0v) is 4.61. The van der Waals surface area contributed by atoms with Gasteiger partial charge in [0.05, 0.1) is 13.2 Å². The van der Waals surface area contributed by atoms with Gasteiger partial charge in [-0.05, 0) is 17.8 Å². The van der Waals surface area contributed by atoms with E-state index in [1.807, 2.05) is 0 Å². The van der Waals surface area contributed by atoms with Crippen LogP contribution in [0.5, 0.6) is 0 Å². The highest BCUT2D eigenvalue weighted by atomic mass is 16.5. The Labute approximate surface area is 43.7 Å². The minimum Gasteiger partial charge on any atom is -0.381 e. The summed E-state index contributed by atoms with van der Waals surface area (Å²) in [5.74, 6) is 0.937. The van der Waals surface area contributed by atoms with Crippen LogP contribution in [-0.2, 0) is 4.74 Å². The molecule has 2 aliphatic rings. The minimum atomic E-state index is 0.639. The van der Waals surface area contributed by atoms with Crippen molar-refractivity contribution in [2.45, 2.75) is 13.3 Å². The minimum absolute atomic E-state index is 0.639. The first kappa shape index (κ1) is 3.90. The molecule has 1 saturated carbocycles. The van der Waals surface area contributed by atoms with Crippen LogP contribution in [-0.4, -0.2) is 13.2 Å². The summed E-state index contributed by atoms with van der Waals surface area (Å²) < 4.78 is 5.21. The summed E-state index contributed by atoms with van der Waals surface area (Å²) >= 11 is 0. The summed E-state index contributed by atoms with van der Waals surface area (Å²) in [5.41, 5.74) is 0.639. The Hall–Kier alpha value is -0.0400. The van der Waals surface area contributed by atoms with E-state index in [1.165, 1.54) is 6.42 Å². The summed E-state index contributed by atoms with van der Waals surface area (Å²) in [6, 6.07) is 0. The number of ether oxygens (including phenoxy) is 1. The molecule has 1 heterocycles. The molecule has 0 aromatic carbocycles. The van der Waals surface area contributed by atoms with Gasteiger partial charge in [0.1, 0.15) is 0 Å². The van der Waals surface area contributed by atoms with Gasteiger partial charge >= 0.3 is 0 Å². The van der Waals surface area contributed by atoms with Gasteiger partial charge in [-0.15, -0.1) is 0 Å². The highest BCUT2D eigenvalue weighted by molar-refractivity contribution is 5.02. The fourth-order valence-electron chi connectivity index (χ4n) is 1.38. The van der Waals surface area contributed by atoms with Crippen molar-refractivity contribution in [2.24, 2.45) is 11.3 Å². The second-order valence-electron chi connectivity index (χ2n) is 3.07. The molecule has 2 rings (SSSR count). The van der Waals surface area contributed by atoms with E-state index in [1.54, 1.807) is 0 Å². The van der Waals surface area contributed by atoms with Crippen molar-refractivity contribution in [1.29, 1.82) is 0 Å². The Kier molecular flexibility index (Phi) is 0.487. The maximum atomic E-state index is 5.21. The van der Waals surface area contributed by atoms with E-state index in [9.17, 15) is 0 Å². The van der Waals surface area contributed by atoms with Crippen molar-refractivity contribution in [3.8, 4) is 0 Å². The number of hydrogen-bond acceptors (Lipinski definition) is 1. The van der Waals surface area contributed by atoms with Crippen LogP contribution in [0.3, 0.4) is 0 Å². The maximum Gasteiger partial charge on any atom is 0.0523 e. The molecule has 0 aromatic heterocycles. The second-order valence-corrected chi connectivity index (χ2v) is 3.07. The predicted molar refractivity (Wildman–Crippen MR) is 27.0 cm³/mol. The Bertz CT molecular complexity index is 98.4. The van der Waals surface area contributed by atoms with Gasteiger partial charge in [-0.1, -0.05) is 6.92 Å². The van der Waals surface area contributed by atoms with Crippen molar-refractivity contribution in [3.05, 3.63) is 0 Å². The lowest BCUT2D eigenvalue weighted by atomic mass is 10.1. The molecule has 2 atom stereocenters. The molecule has 40 valence electrons. The van der Waals surface area contributed by atoms with Gasteiger partial charge in [-0.3, -0.25) is 0 Å². The summed E-state index contributed by atoms with van der Waals surface area (Å²) in [7, 11) is 0. The van der Waals surface area contributed by atoms with Gasteiger partial charge in [-0.25, -0.2) is 0 Å². The van der Waals surface area contributed by atoms with Crippen LogP contribution in [0.2, 0.25) is 0 Å². The van der Waals surface area contributed by atoms with E-state index in [0.29, 0.717) is 5.41 Å². The zero-order chi connectivity index (χ0) is 4.91. The molecule has 1 heteroatoms. The molecule has 0 bridgehead atoms. The Morgan fingerprint density at radius 2 is 2.57 bits per heavy atom. The van der Waals surface area contributed by atoms with Crippen molar-refractivity contribution in [1.82, 2.24) is 0 Å². The lowest BCUT2D eigenvalue weighted by Gasteiger charge is -1.96. The summed E-state index contributed by atoms with van der Waals surface area (Å²) in [6.07, 6.45) is 1.42. The zero-order valence-electron chi connectivity index (χ0n) is 4.61. The molecular formula is C6H10O. The maximum absolute atomic E-state index is 5.21. The molecule has 1 aliphatic heterocycles. The first-order valence-electron chi connectivity index (χ1n) is 2.89. The molecule has 1 unspecified atom stereocenters. The average molecular weight is 98.1 g/mol. The topological polar surface area (TPSA) is 9.23 Å². The molecule has 1 aliphatic carbocycles. The third kappa shape index (κ3) is 0.367. The van der Waals surface area contributed by atoms with Crippen molar-refractivity contribution < 1.29 is 4.74 Å². The number of fused-ring (bicyclic) bond motifs is 1. The van der Waals surface area contributed by atoms with Gasteiger partial charge in [0.25, 0.3) is 0 Å². The van der Waals surface area contributed by atoms with E-state index in [2.05, 4.69) is 6.92 Å². The van der Waals surface area contributed by atoms with Crippen LogP contribution in [0.4, 0.5) is 0 Å². The van der Waals surface area contributed by atoms with Crippen LogP contribution >= 0.6 is 0 Å². The van der Waals surface area contributed by atoms with Crippen LogP contribution in [0.1, 0.15) is 13.3 Å². The quantitative estimate of drug-likeness (QED) is 0.440. The fourth-order valence-corrected chi connectivity index (χ4v) is 1.38. The van der Waals surface area contributed by atoms with E-state index >= 15 is 0 Å². The smallest absolute Gasteiger partial charge is 0.0523 e. The van der Waals surface area contributed by atoms with Gasteiger partial charge < -0.3 is 4.74 Å². The second kappa shape index (κ2) is 0.873. The Morgan fingerprint density at radius 3 is 2.71 bits per heavy atom. The number of hydrogen-bond donors (Lipinski definition) is 0. The van der Waals surface area contributed by atoms with E-state index in [0.717, 1.165) is 19.1 Å². The SMILES string of the molecule is C[C@@]12COCC1C2. The Balaban J connectivity index is 2.17. The molecule has 1 nitrogen and oxygen atoms in total.